The zero-order valence-electron chi connectivity index (χ0n) is 13.8. The minimum Gasteiger partial charge on any atom is -0.419 e. The van der Waals surface area contributed by atoms with Gasteiger partial charge < -0.3 is 9.73 Å². The Morgan fingerprint density at radius 3 is 2.52 bits per heavy atom. The van der Waals surface area contributed by atoms with Crippen LogP contribution in [0, 0.1) is 0 Å². The number of rotatable bonds is 5. The van der Waals surface area contributed by atoms with E-state index in [9.17, 15) is 4.79 Å². The molecule has 0 aliphatic carbocycles. The maximum Gasteiger partial charge on any atom is 0.247 e. The van der Waals surface area contributed by atoms with Crippen LogP contribution in [0.5, 0.6) is 0 Å². The van der Waals surface area contributed by atoms with Crippen molar-refractivity contribution in [2.75, 3.05) is 13.6 Å². The number of benzene rings is 1. The lowest BCUT2D eigenvalue weighted by Crippen LogP contribution is -2.45. The second kappa shape index (κ2) is 7.10. The van der Waals surface area contributed by atoms with Gasteiger partial charge in [0.15, 0.2) is 0 Å². The highest BCUT2D eigenvalue weighted by Gasteiger charge is 2.17. The normalized spacial score (nSPS) is 11.7. The first-order chi connectivity index (χ1) is 10.7. The summed E-state index contributed by atoms with van der Waals surface area (Å²) in [5, 5.41) is 11.6. The van der Waals surface area contributed by atoms with Gasteiger partial charge in [0.2, 0.25) is 17.7 Å². The minimum absolute atomic E-state index is 0.0440. The monoisotopic (exact) mass is 336 g/mol. The van der Waals surface area contributed by atoms with Crippen LogP contribution in [0.15, 0.2) is 28.7 Å². The molecule has 0 aliphatic rings. The number of hydrogen-bond donors (Lipinski definition) is 1. The lowest BCUT2D eigenvalue weighted by atomic mass is 10.1. The van der Waals surface area contributed by atoms with Gasteiger partial charge in [-0.1, -0.05) is 11.6 Å². The zero-order valence-corrected chi connectivity index (χ0v) is 14.5. The fourth-order valence-electron chi connectivity index (χ4n) is 2.02. The molecule has 1 heterocycles. The van der Waals surface area contributed by atoms with Gasteiger partial charge >= 0.3 is 0 Å². The van der Waals surface area contributed by atoms with Crippen LogP contribution in [0.2, 0.25) is 5.02 Å². The van der Waals surface area contributed by atoms with Gasteiger partial charge in [0, 0.05) is 16.1 Å². The molecule has 7 heteroatoms. The third-order valence-corrected chi connectivity index (χ3v) is 3.14. The van der Waals surface area contributed by atoms with Crippen molar-refractivity contribution in [1.29, 1.82) is 0 Å². The quantitative estimate of drug-likeness (QED) is 0.909. The minimum atomic E-state index is -0.246. The SMILES string of the molecule is CN(CC(=O)NC(C)(C)C)Cc1nnc(-c2ccc(Cl)cc2)o1. The summed E-state index contributed by atoms with van der Waals surface area (Å²) in [6.07, 6.45) is 0. The number of nitrogens with zero attached hydrogens (tertiary/aromatic N) is 3. The Kier molecular flexibility index (Phi) is 5.38. The highest BCUT2D eigenvalue weighted by molar-refractivity contribution is 6.30. The Balaban J connectivity index is 1.93. The number of amides is 1. The predicted octanol–water partition coefficient (Wildman–Crippen LogP) is 2.74. The third-order valence-electron chi connectivity index (χ3n) is 2.89. The second-order valence-electron chi connectivity index (χ2n) is 6.48. The average molecular weight is 337 g/mol. The molecule has 0 bridgehead atoms. The number of hydrogen-bond acceptors (Lipinski definition) is 5. The van der Waals surface area contributed by atoms with Crippen molar-refractivity contribution in [2.24, 2.45) is 0 Å². The van der Waals surface area contributed by atoms with Crippen molar-refractivity contribution in [2.45, 2.75) is 32.9 Å². The molecular weight excluding hydrogens is 316 g/mol. The van der Waals surface area contributed by atoms with E-state index in [0.717, 1.165) is 5.56 Å². The van der Waals surface area contributed by atoms with Crippen LogP contribution in [0.1, 0.15) is 26.7 Å². The van der Waals surface area contributed by atoms with E-state index < -0.39 is 0 Å². The van der Waals surface area contributed by atoms with E-state index in [1.807, 2.05) is 44.9 Å². The van der Waals surface area contributed by atoms with Crippen LogP contribution in [0.4, 0.5) is 0 Å². The largest absolute Gasteiger partial charge is 0.419 e. The summed E-state index contributed by atoms with van der Waals surface area (Å²) in [7, 11) is 1.83. The molecule has 23 heavy (non-hydrogen) atoms. The Bertz CT molecular complexity index is 661. The number of aromatic nitrogens is 2. The third kappa shape index (κ3) is 5.65. The molecular formula is C16H21ClN4O2. The summed E-state index contributed by atoms with van der Waals surface area (Å²) in [5.41, 5.74) is 0.561. The maximum atomic E-state index is 11.9. The van der Waals surface area contributed by atoms with Gasteiger partial charge in [-0.2, -0.15) is 0 Å². The first kappa shape index (κ1) is 17.4. The molecule has 0 atom stereocenters. The van der Waals surface area contributed by atoms with Crippen molar-refractivity contribution in [3.05, 3.63) is 35.2 Å². The molecule has 0 unspecified atom stereocenters. The van der Waals surface area contributed by atoms with Crippen LogP contribution in [-0.2, 0) is 11.3 Å². The topological polar surface area (TPSA) is 71.3 Å². The number of carbonyl (C=O) groups is 1. The van der Waals surface area contributed by atoms with E-state index in [-0.39, 0.29) is 18.0 Å². The van der Waals surface area contributed by atoms with Crippen LogP contribution in [-0.4, -0.2) is 40.1 Å². The van der Waals surface area contributed by atoms with Crippen molar-refractivity contribution in [3.8, 4) is 11.5 Å². The van der Waals surface area contributed by atoms with Crippen molar-refractivity contribution in [1.82, 2.24) is 20.4 Å². The molecule has 0 saturated carbocycles. The van der Waals surface area contributed by atoms with E-state index >= 15 is 0 Å². The summed E-state index contributed by atoms with van der Waals surface area (Å²) >= 11 is 5.86. The van der Waals surface area contributed by atoms with Crippen LogP contribution < -0.4 is 5.32 Å². The zero-order chi connectivity index (χ0) is 17.0. The van der Waals surface area contributed by atoms with Crippen LogP contribution >= 0.6 is 11.6 Å². The molecule has 1 aromatic carbocycles. The highest BCUT2D eigenvalue weighted by atomic mass is 35.5. The second-order valence-corrected chi connectivity index (χ2v) is 6.91. The van der Waals surface area contributed by atoms with E-state index in [1.165, 1.54) is 0 Å². The first-order valence-electron chi connectivity index (χ1n) is 7.31. The van der Waals surface area contributed by atoms with Crippen molar-refractivity contribution < 1.29 is 9.21 Å². The lowest BCUT2D eigenvalue weighted by molar-refractivity contribution is -0.123. The summed E-state index contributed by atoms with van der Waals surface area (Å²) in [4.78, 5) is 13.7. The molecule has 6 nitrogen and oxygen atoms in total. The fraction of sp³-hybridized carbons (Fsp3) is 0.438. The van der Waals surface area contributed by atoms with Gasteiger partial charge in [-0.3, -0.25) is 9.69 Å². The molecule has 0 aliphatic heterocycles. The van der Waals surface area contributed by atoms with Crippen molar-refractivity contribution >= 4 is 17.5 Å². The van der Waals surface area contributed by atoms with Gasteiger partial charge in [0.05, 0.1) is 13.1 Å². The smallest absolute Gasteiger partial charge is 0.247 e. The molecule has 124 valence electrons. The van der Waals surface area contributed by atoms with Crippen LogP contribution in [0.3, 0.4) is 0 Å². The van der Waals surface area contributed by atoms with Gasteiger partial charge in [-0.25, -0.2) is 0 Å². The highest BCUT2D eigenvalue weighted by Crippen LogP contribution is 2.20. The van der Waals surface area contributed by atoms with Crippen LogP contribution in [0.25, 0.3) is 11.5 Å². The van der Waals surface area contributed by atoms with Gasteiger partial charge in [0.1, 0.15) is 0 Å². The molecule has 0 radical (unpaired) electrons. The molecule has 1 aromatic heterocycles. The van der Waals surface area contributed by atoms with Crippen molar-refractivity contribution in [3.63, 3.8) is 0 Å². The fourth-order valence-corrected chi connectivity index (χ4v) is 2.14. The number of likely N-dealkylation sites (N-methyl/N-ethyl adjacent to an activating group) is 1. The molecule has 2 aromatic rings. The average Bonchev–Trinajstić information content (AvgIpc) is 2.85. The summed E-state index contributed by atoms with van der Waals surface area (Å²) in [5.74, 6) is 0.850. The van der Waals surface area contributed by atoms with E-state index in [1.54, 1.807) is 12.1 Å². The van der Waals surface area contributed by atoms with Gasteiger partial charge in [-0.15, -0.1) is 10.2 Å². The van der Waals surface area contributed by atoms with E-state index in [0.29, 0.717) is 23.3 Å². The molecule has 0 spiro atoms. The van der Waals surface area contributed by atoms with E-state index in [4.69, 9.17) is 16.0 Å². The summed E-state index contributed by atoms with van der Waals surface area (Å²) in [6.45, 7) is 6.50. The standard InChI is InChI=1S/C16H21ClN4O2/c1-16(2,3)18-13(22)9-21(4)10-14-19-20-15(23-14)11-5-7-12(17)8-6-11/h5-8H,9-10H2,1-4H3,(H,18,22). The number of carbonyl (C=O) groups excluding carboxylic acids is 1. The summed E-state index contributed by atoms with van der Waals surface area (Å²) < 4.78 is 5.62. The Morgan fingerprint density at radius 1 is 1.26 bits per heavy atom. The lowest BCUT2D eigenvalue weighted by Gasteiger charge is -2.22. The molecule has 1 amide bonds. The van der Waals surface area contributed by atoms with Gasteiger partial charge in [0.25, 0.3) is 0 Å². The molecule has 1 N–H and O–H groups in total. The Morgan fingerprint density at radius 2 is 1.91 bits per heavy atom. The Hall–Kier alpha value is -1.92. The first-order valence-corrected chi connectivity index (χ1v) is 7.68. The molecule has 2 rings (SSSR count). The predicted molar refractivity (Wildman–Crippen MR) is 89.0 cm³/mol. The summed E-state index contributed by atoms with van der Waals surface area (Å²) in [6, 6.07) is 7.17. The number of halogens is 1. The maximum absolute atomic E-state index is 11.9. The van der Waals surface area contributed by atoms with Gasteiger partial charge in [-0.05, 0) is 52.1 Å². The van der Waals surface area contributed by atoms with E-state index in [2.05, 4.69) is 15.5 Å². The molecule has 0 fully saturated rings. The Labute approximate surface area is 140 Å². The number of nitrogens with one attached hydrogen (secondary N) is 1. The molecule has 0 saturated heterocycles.